The topological polar surface area (TPSA) is 134 Å². The molecule has 10 heteroatoms. The number of carbonyl (C=O) groups is 3. The average molecular weight is 361 g/mol. The SMILES string of the molecule is CNc1ccc(C(=O)NN2C(=O)NC3(CCCCC3)C2=O)cc1[N+](=O)[O-]. The van der Waals surface area contributed by atoms with Crippen LogP contribution in [0.25, 0.3) is 0 Å². The fourth-order valence-electron chi connectivity index (χ4n) is 3.42. The zero-order valence-electron chi connectivity index (χ0n) is 14.2. The van der Waals surface area contributed by atoms with Crippen LogP contribution in [-0.2, 0) is 4.79 Å². The number of nitro benzene ring substituents is 1. The third-order valence-electron chi connectivity index (χ3n) is 4.81. The van der Waals surface area contributed by atoms with Gasteiger partial charge in [0.2, 0.25) is 0 Å². The molecule has 1 aromatic carbocycles. The quantitative estimate of drug-likeness (QED) is 0.423. The van der Waals surface area contributed by atoms with Gasteiger partial charge in [-0.1, -0.05) is 19.3 Å². The van der Waals surface area contributed by atoms with Crippen LogP contribution in [-0.4, -0.2) is 40.4 Å². The predicted molar refractivity (Wildman–Crippen MR) is 91.3 cm³/mol. The number of nitrogens with zero attached hydrogens (tertiary/aromatic N) is 2. The smallest absolute Gasteiger partial charge is 0.344 e. The highest BCUT2D eigenvalue weighted by atomic mass is 16.6. The van der Waals surface area contributed by atoms with Crippen LogP contribution >= 0.6 is 0 Å². The molecule has 26 heavy (non-hydrogen) atoms. The minimum Gasteiger partial charge on any atom is -0.383 e. The Hall–Kier alpha value is -3.17. The molecule has 3 rings (SSSR count). The Morgan fingerprint density at radius 1 is 1.27 bits per heavy atom. The van der Waals surface area contributed by atoms with Crippen LogP contribution in [0, 0.1) is 10.1 Å². The largest absolute Gasteiger partial charge is 0.383 e. The number of nitro groups is 1. The number of benzene rings is 1. The van der Waals surface area contributed by atoms with Gasteiger partial charge >= 0.3 is 6.03 Å². The molecule has 0 radical (unpaired) electrons. The number of anilines is 1. The number of rotatable bonds is 4. The summed E-state index contributed by atoms with van der Waals surface area (Å²) in [6, 6.07) is 3.17. The molecule has 2 fully saturated rings. The number of nitrogens with one attached hydrogen (secondary N) is 3. The summed E-state index contributed by atoms with van der Waals surface area (Å²) >= 11 is 0. The molecule has 1 aliphatic heterocycles. The van der Waals surface area contributed by atoms with Crippen LogP contribution in [0.15, 0.2) is 18.2 Å². The molecule has 0 unspecified atom stereocenters. The number of imide groups is 1. The van der Waals surface area contributed by atoms with Crippen molar-refractivity contribution in [3.63, 3.8) is 0 Å². The Morgan fingerprint density at radius 3 is 2.58 bits per heavy atom. The maximum atomic E-state index is 12.6. The summed E-state index contributed by atoms with van der Waals surface area (Å²) < 4.78 is 0. The molecule has 4 amide bonds. The first kappa shape index (κ1) is 17.6. The highest BCUT2D eigenvalue weighted by molar-refractivity contribution is 6.09. The van der Waals surface area contributed by atoms with Crippen molar-refractivity contribution in [2.24, 2.45) is 0 Å². The lowest BCUT2D eigenvalue weighted by Crippen LogP contribution is -2.50. The van der Waals surface area contributed by atoms with Gasteiger partial charge in [-0.3, -0.25) is 25.1 Å². The molecular formula is C16H19N5O5. The highest BCUT2D eigenvalue weighted by Gasteiger charge is 2.52. The first-order valence-electron chi connectivity index (χ1n) is 8.32. The molecule has 1 saturated heterocycles. The number of hydrogen-bond donors (Lipinski definition) is 3. The second kappa shape index (κ2) is 6.62. The van der Waals surface area contributed by atoms with Gasteiger partial charge in [0, 0.05) is 18.7 Å². The third-order valence-corrected chi connectivity index (χ3v) is 4.81. The summed E-state index contributed by atoms with van der Waals surface area (Å²) in [5.41, 5.74) is 1.25. The molecule has 1 aromatic rings. The summed E-state index contributed by atoms with van der Waals surface area (Å²) in [6.07, 6.45) is 3.72. The van der Waals surface area contributed by atoms with E-state index in [1.807, 2.05) is 0 Å². The van der Waals surface area contributed by atoms with E-state index in [2.05, 4.69) is 16.1 Å². The molecule has 3 N–H and O–H groups in total. The van der Waals surface area contributed by atoms with E-state index < -0.39 is 28.3 Å². The third kappa shape index (κ3) is 2.93. The van der Waals surface area contributed by atoms with E-state index in [0.717, 1.165) is 25.3 Å². The summed E-state index contributed by atoms with van der Waals surface area (Å²) in [4.78, 5) is 47.7. The lowest BCUT2D eigenvalue weighted by Gasteiger charge is -2.30. The van der Waals surface area contributed by atoms with Gasteiger partial charge in [0.1, 0.15) is 11.2 Å². The molecule has 10 nitrogen and oxygen atoms in total. The molecular weight excluding hydrogens is 342 g/mol. The first-order valence-corrected chi connectivity index (χ1v) is 8.32. The number of amides is 4. The minimum absolute atomic E-state index is 0.0269. The van der Waals surface area contributed by atoms with Crippen molar-refractivity contribution in [2.75, 3.05) is 12.4 Å². The summed E-state index contributed by atoms with van der Waals surface area (Å²) in [6.45, 7) is 0. The van der Waals surface area contributed by atoms with Gasteiger partial charge in [0.05, 0.1) is 4.92 Å². The number of hydrazine groups is 1. The fraction of sp³-hybridized carbons (Fsp3) is 0.438. The van der Waals surface area contributed by atoms with Crippen molar-refractivity contribution in [1.82, 2.24) is 15.8 Å². The first-order chi connectivity index (χ1) is 12.4. The van der Waals surface area contributed by atoms with Crippen molar-refractivity contribution in [3.8, 4) is 0 Å². The zero-order valence-corrected chi connectivity index (χ0v) is 14.2. The zero-order chi connectivity index (χ0) is 18.9. The van der Waals surface area contributed by atoms with E-state index in [1.54, 1.807) is 0 Å². The van der Waals surface area contributed by atoms with Crippen LogP contribution in [0.3, 0.4) is 0 Å². The maximum Gasteiger partial charge on any atom is 0.344 e. The Kier molecular flexibility index (Phi) is 4.49. The molecule has 0 bridgehead atoms. The predicted octanol–water partition coefficient (Wildman–Crippen LogP) is 1.54. The van der Waals surface area contributed by atoms with Crippen LogP contribution in [0.1, 0.15) is 42.5 Å². The molecule has 1 saturated carbocycles. The Labute approximate surface area is 149 Å². The number of urea groups is 1. The normalized spacial score (nSPS) is 18.6. The summed E-state index contributed by atoms with van der Waals surface area (Å²) in [5.74, 6) is -1.26. The van der Waals surface area contributed by atoms with Gasteiger partial charge < -0.3 is 10.6 Å². The summed E-state index contributed by atoms with van der Waals surface area (Å²) in [5, 5.41) is 17.1. The fourth-order valence-corrected chi connectivity index (χ4v) is 3.42. The van der Waals surface area contributed by atoms with Crippen LogP contribution in [0.4, 0.5) is 16.2 Å². The molecule has 138 valence electrons. The monoisotopic (exact) mass is 361 g/mol. The van der Waals surface area contributed by atoms with Gasteiger partial charge in [-0.05, 0) is 25.0 Å². The van der Waals surface area contributed by atoms with Gasteiger partial charge in [0.15, 0.2) is 0 Å². The van der Waals surface area contributed by atoms with Crippen molar-refractivity contribution in [3.05, 3.63) is 33.9 Å². The van der Waals surface area contributed by atoms with Crippen molar-refractivity contribution in [1.29, 1.82) is 0 Å². The highest BCUT2D eigenvalue weighted by Crippen LogP contribution is 2.33. The molecule has 1 heterocycles. The number of hydrogen-bond acceptors (Lipinski definition) is 6. The van der Waals surface area contributed by atoms with Gasteiger partial charge in [-0.25, -0.2) is 4.79 Å². The second-order valence-corrected chi connectivity index (χ2v) is 6.39. The summed E-state index contributed by atoms with van der Waals surface area (Å²) in [7, 11) is 1.53. The van der Waals surface area contributed by atoms with Crippen LogP contribution < -0.4 is 16.1 Å². The van der Waals surface area contributed by atoms with Gasteiger partial charge in [0.25, 0.3) is 17.5 Å². The maximum absolute atomic E-state index is 12.6. The lowest BCUT2D eigenvalue weighted by molar-refractivity contribution is -0.384. The second-order valence-electron chi connectivity index (χ2n) is 6.39. The Morgan fingerprint density at radius 2 is 1.96 bits per heavy atom. The van der Waals surface area contributed by atoms with E-state index in [9.17, 15) is 24.5 Å². The van der Waals surface area contributed by atoms with E-state index in [0.29, 0.717) is 17.9 Å². The lowest BCUT2D eigenvalue weighted by atomic mass is 9.82. The average Bonchev–Trinajstić information content (AvgIpc) is 2.85. The molecule has 0 aromatic heterocycles. The Balaban J connectivity index is 1.80. The van der Waals surface area contributed by atoms with E-state index >= 15 is 0 Å². The molecule has 0 atom stereocenters. The molecule has 1 spiro atoms. The van der Waals surface area contributed by atoms with Crippen molar-refractivity contribution < 1.29 is 19.3 Å². The Bertz CT molecular complexity index is 787. The van der Waals surface area contributed by atoms with Gasteiger partial charge in [-0.2, -0.15) is 5.01 Å². The van der Waals surface area contributed by atoms with Crippen LogP contribution in [0.5, 0.6) is 0 Å². The minimum atomic E-state index is -0.954. The number of carbonyl (C=O) groups excluding carboxylic acids is 3. The van der Waals surface area contributed by atoms with Crippen LogP contribution in [0.2, 0.25) is 0 Å². The van der Waals surface area contributed by atoms with Crippen molar-refractivity contribution >= 4 is 29.2 Å². The van der Waals surface area contributed by atoms with Gasteiger partial charge in [-0.15, -0.1) is 0 Å². The van der Waals surface area contributed by atoms with Crippen molar-refractivity contribution in [2.45, 2.75) is 37.6 Å². The van der Waals surface area contributed by atoms with E-state index in [-0.39, 0.29) is 16.9 Å². The van der Waals surface area contributed by atoms with E-state index in [1.165, 1.54) is 19.2 Å². The van der Waals surface area contributed by atoms with E-state index in [4.69, 9.17) is 0 Å². The standard InChI is InChI=1S/C16H19N5O5/c1-17-11-6-5-10(9-12(11)21(25)26)13(22)19-20-14(23)16(18-15(20)24)7-3-2-4-8-16/h5-6,9,17H,2-4,7-8H2,1H3,(H,18,24)(H,19,22). The molecule has 1 aliphatic carbocycles. The molecule has 2 aliphatic rings.